The highest BCUT2D eigenvalue weighted by atomic mass is 15.2. The molecule has 1 aromatic rings. The first kappa shape index (κ1) is 7.66. The van der Waals surface area contributed by atoms with Crippen LogP contribution in [0.2, 0.25) is 0 Å². The number of rotatable bonds is 2. The molecule has 1 aromatic carbocycles. The number of hydrogen-bond donors (Lipinski definition) is 0. The van der Waals surface area contributed by atoms with Crippen LogP contribution in [0.5, 0.6) is 0 Å². The minimum Gasteiger partial charge on any atom is -0.372 e. The Morgan fingerprint density at radius 3 is 2.67 bits per heavy atom. The summed E-state index contributed by atoms with van der Waals surface area (Å²) >= 11 is 0. The molecule has 0 N–H and O–H groups in total. The Balaban J connectivity index is 2.20. The van der Waals surface area contributed by atoms with Gasteiger partial charge in [-0.25, -0.2) is 0 Å². The zero-order valence-electron chi connectivity index (χ0n) is 7.75. The van der Waals surface area contributed by atoms with Crippen LogP contribution in [0.4, 0.5) is 5.69 Å². The third-order valence-corrected chi connectivity index (χ3v) is 2.50. The van der Waals surface area contributed by atoms with Gasteiger partial charge in [0.2, 0.25) is 0 Å². The molecule has 0 bridgehead atoms. The Morgan fingerprint density at radius 1 is 1.33 bits per heavy atom. The summed E-state index contributed by atoms with van der Waals surface area (Å²) in [5.74, 6) is 0. The number of benzene rings is 1. The van der Waals surface area contributed by atoms with E-state index in [1.54, 1.807) is 0 Å². The molecule has 0 atom stereocenters. The molecule has 1 saturated carbocycles. The van der Waals surface area contributed by atoms with Crippen molar-refractivity contribution in [2.24, 2.45) is 0 Å². The molecular weight excluding hydrogens is 146 g/mol. The van der Waals surface area contributed by atoms with E-state index in [1.165, 1.54) is 24.1 Å². The van der Waals surface area contributed by atoms with Crippen LogP contribution in [0.1, 0.15) is 18.4 Å². The van der Waals surface area contributed by atoms with Crippen molar-refractivity contribution in [2.45, 2.75) is 25.8 Å². The van der Waals surface area contributed by atoms with E-state index in [4.69, 9.17) is 0 Å². The number of nitrogens with zero attached hydrogens (tertiary/aromatic N) is 1. The van der Waals surface area contributed by atoms with E-state index >= 15 is 0 Å². The normalized spacial score (nSPS) is 16.2. The zero-order chi connectivity index (χ0) is 8.55. The fourth-order valence-corrected chi connectivity index (χ4v) is 1.52. The second kappa shape index (κ2) is 2.81. The molecule has 0 saturated heterocycles. The Kier molecular flexibility index (Phi) is 1.80. The smallest absolute Gasteiger partial charge is 0.0368 e. The zero-order valence-corrected chi connectivity index (χ0v) is 7.75. The van der Waals surface area contributed by atoms with Gasteiger partial charge in [-0.2, -0.15) is 0 Å². The molecule has 64 valence electrons. The molecule has 12 heavy (non-hydrogen) atoms. The highest BCUT2D eigenvalue weighted by molar-refractivity contribution is 5.49. The minimum atomic E-state index is 0.812. The fraction of sp³-hybridized carbons (Fsp3) is 0.455. The van der Waals surface area contributed by atoms with E-state index in [-0.39, 0.29) is 0 Å². The second-order valence-corrected chi connectivity index (χ2v) is 3.68. The van der Waals surface area contributed by atoms with Gasteiger partial charge in [0.1, 0.15) is 0 Å². The molecule has 0 amide bonds. The Bertz CT molecular complexity index is 276. The van der Waals surface area contributed by atoms with Crippen LogP contribution in [0.3, 0.4) is 0 Å². The largest absolute Gasteiger partial charge is 0.372 e. The lowest BCUT2D eigenvalue weighted by atomic mass is 10.2. The maximum absolute atomic E-state index is 2.38. The van der Waals surface area contributed by atoms with Crippen LogP contribution < -0.4 is 4.90 Å². The van der Waals surface area contributed by atoms with Crippen LogP contribution in [-0.4, -0.2) is 13.1 Å². The van der Waals surface area contributed by atoms with Gasteiger partial charge in [0.25, 0.3) is 0 Å². The van der Waals surface area contributed by atoms with Crippen molar-refractivity contribution in [3.63, 3.8) is 0 Å². The summed E-state index contributed by atoms with van der Waals surface area (Å²) in [4.78, 5) is 2.38. The predicted molar refractivity (Wildman–Crippen MR) is 52.6 cm³/mol. The Morgan fingerprint density at radius 2 is 2.08 bits per heavy atom. The average Bonchev–Trinajstić information content (AvgIpc) is 2.85. The molecule has 0 radical (unpaired) electrons. The van der Waals surface area contributed by atoms with E-state index in [2.05, 4.69) is 43.1 Å². The van der Waals surface area contributed by atoms with Crippen molar-refractivity contribution in [1.29, 1.82) is 0 Å². The number of anilines is 1. The maximum Gasteiger partial charge on any atom is 0.0368 e. The first-order valence-corrected chi connectivity index (χ1v) is 4.57. The number of hydrogen-bond acceptors (Lipinski definition) is 1. The molecule has 1 heteroatoms. The quantitative estimate of drug-likeness (QED) is 0.644. The molecule has 2 rings (SSSR count). The number of aryl methyl sites for hydroxylation is 1. The summed E-state index contributed by atoms with van der Waals surface area (Å²) < 4.78 is 0. The van der Waals surface area contributed by atoms with Crippen LogP contribution in [0.15, 0.2) is 24.3 Å². The van der Waals surface area contributed by atoms with Crippen LogP contribution in [0, 0.1) is 6.92 Å². The standard InChI is InChI=1S/C11H15N/c1-9-4-3-5-11(8-9)12(2)10-6-7-10/h3-5,8,10H,6-7H2,1-2H3. The van der Waals surface area contributed by atoms with Crippen molar-refractivity contribution in [3.05, 3.63) is 29.8 Å². The van der Waals surface area contributed by atoms with E-state index in [0.717, 1.165) is 6.04 Å². The van der Waals surface area contributed by atoms with Gasteiger partial charge in [-0.3, -0.25) is 0 Å². The summed E-state index contributed by atoms with van der Waals surface area (Å²) in [7, 11) is 2.19. The Hall–Kier alpha value is -0.980. The predicted octanol–water partition coefficient (Wildman–Crippen LogP) is 2.59. The van der Waals surface area contributed by atoms with Gasteiger partial charge in [-0.15, -0.1) is 0 Å². The topological polar surface area (TPSA) is 3.24 Å². The third kappa shape index (κ3) is 1.45. The van der Waals surface area contributed by atoms with Crippen molar-refractivity contribution >= 4 is 5.69 Å². The summed E-state index contributed by atoms with van der Waals surface area (Å²) in [5, 5.41) is 0. The first-order valence-electron chi connectivity index (χ1n) is 4.57. The highest BCUT2D eigenvalue weighted by Crippen LogP contribution is 2.30. The molecule has 1 aliphatic carbocycles. The Labute approximate surface area is 74.0 Å². The van der Waals surface area contributed by atoms with E-state index in [0.29, 0.717) is 0 Å². The molecule has 0 heterocycles. The second-order valence-electron chi connectivity index (χ2n) is 3.68. The maximum atomic E-state index is 2.38. The average molecular weight is 161 g/mol. The van der Waals surface area contributed by atoms with E-state index in [9.17, 15) is 0 Å². The van der Waals surface area contributed by atoms with Gasteiger partial charge in [0.15, 0.2) is 0 Å². The summed E-state index contributed by atoms with van der Waals surface area (Å²) in [6, 6.07) is 9.52. The van der Waals surface area contributed by atoms with Gasteiger partial charge in [-0.1, -0.05) is 12.1 Å². The van der Waals surface area contributed by atoms with Crippen molar-refractivity contribution < 1.29 is 0 Å². The molecular formula is C11H15N. The third-order valence-electron chi connectivity index (χ3n) is 2.50. The highest BCUT2D eigenvalue weighted by Gasteiger charge is 2.26. The van der Waals surface area contributed by atoms with Crippen LogP contribution >= 0.6 is 0 Å². The molecule has 0 aromatic heterocycles. The lowest BCUT2D eigenvalue weighted by Gasteiger charge is -2.18. The SMILES string of the molecule is Cc1cccc(N(C)C2CC2)c1. The lowest BCUT2D eigenvalue weighted by Crippen LogP contribution is -2.19. The monoisotopic (exact) mass is 161 g/mol. The fourth-order valence-electron chi connectivity index (χ4n) is 1.52. The van der Waals surface area contributed by atoms with Crippen LogP contribution in [0.25, 0.3) is 0 Å². The molecule has 0 spiro atoms. The van der Waals surface area contributed by atoms with E-state index < -0.39 is 0 Å². The molecule has 0 unspecified atom stereocenters. The van der Waals surface area contributed by atoms with Gasteiger partial charge in [0, 0.05) is 18.8 Å². The van der Waals surface area contributed by atoms with Gasteiger partial charge in [-0.05, 0) is 37.5 Å². The van der Waals surface area contributed by atoms with Gasteiger partial charge < -0.3 is 4.90 Å². The summed E-state index contributed by atoms with van der Waals surface area (Å²) in [6.45, 7) is 2.14. The van der Waals surface area contributed by atoms with Crippen molar-refractivity contribution in [1.82, 2.24) is 0 Å². The molecule has 1 aliphatic rings. The molecule has 1 nitrogen and oxygen atoms in total. The first-order chi connectivity index (χ1) is 5.77. The summed E-state index contributed by atoms with van der Waals surface area (Å²) in [5.41, 5.74) is 2.71. The molecule has 1 fully saturated rings. The minimum absolute atomic E-state index is 0.812. The lowest BCUT2D eigenvalue weighted by molar-refractivity contribution is 0.916. The van der Waals surface area contributed by atoms with Crippen molar-refractivity contribution in [2.75, 3.05) is 11.9 Å². The summed E-state index contributed by atoms with van der Waals surface area (Å²) in [6.07, 6.45) is 2.73. The van der Waals surface area contributed by atoms with Crippen molar-refractivity contribution in [3.8, 4) is 0 Å². The van der Waals surface area contributed by atoms with Gasteiger partial charge in [0.05, 0.1) is 0 Å². The van der Waals surface area contributed by atoms with Crippen LogP contribution in [-0.2, 0) is 0 Å². The van der Waals surface area contributed by atoms with Gasteiger partial charge >= 0.3 is 0 Å². The molecule has 0 aliphatic heterocycles. The van der Waals surface area contributed by atoms with E-state index in [1.807, 2.05) is 0 Å².